The van der Waals surface area contributed by atoms with Gasteiger partial charge in [-0.3, -0.25) is 0 Å². The highest BCUT2D eigenvalue weighted by molar-refractivity contribution is 9.10. The molecular formula is C9H9BrClN5. The van der Waals surface area contributed by atoms with Crippen LogP contribution in [-0.2, 0) is 6.54 Å². The molecule has 0 aliphatic carbocycles. The number of nitrogens with one attached hydrogen (secondary N) is 1. The molecule has 2 aromatic rings. The molecule has 16 heavy (non-hydrogen) atoms. The van der Waals surface area contributed by atoms with E-state index in [1.54, 1.807) is 4.68 Å². The standard InChI is InChI=1S/C9H9BrClN5/c1-12-5-9-13-14-15-16(9)8-3-2-6(10)4-7(8)11/h2-4,12H,5H2,1H3. The zero-order valence-corrected chi connectivity index (χ0v) is 10.8. The van der Waals surface area contributed by atoms with Crippen molar-refractivity contribution in [2.45, 2.75) is 6.54 Å². The van der Waals surface area contributed by atoms with Crippen LogP contribution in [0, 0.1) is 0 Å². The molecule has 7 heteroatoms. The lowest BCUT2D eigenvalue weighted by Gasteiger charge is -2.06. The van der Waals surface area contributed by atoms with Crippen LogP contribution in [0.5, 0.6) is 0 Å². The van der Waals surface area contributed by atoms with Crippen LogP contribution < -0.4 is 5.32 Å². The molecule has 84 valence electrons. The molecule has 1 aromatic heterocycles. The van der Waals surface area contributed by atoms with E-state index in [1.807, 2.05) is 25.2 Å². The van der Waals surface area contributed by atoms with Gasteiger partial charge in [-0.25, -0.2) is 0 Å². The maximum absolute atomic E-state index is 6.13. The monoisotopic (exact) mass is 301 g/mol. The van der Waals surface area contributed by atoms with E-state index in [0.717, 1.165) is 10.2 Å². The number of aromatic nitrogens is 4. The lowest BCUT2D eigenvalue weighted by Crippen LogP contribution is -2.12. The first-order chi connectivity index (χ1) is 7.72. The molecule has 0 aliphatic rings. The maximum Gasteiger partial charge on any atom is 0.170 e. The van der Waals surface area contributed by atoms with Gasteiger partial charge in [0.05, 0.1) is 17.3 Å². The molecule has 0 bridgehead atoms. The van der Waals surface area contributed by atoms with E-state index in [2.05, 4.69) is 36.8 Å². The van der Waals surface area contributed by atoms with Crippen molar-refractivity contribution in [2.24, 2.45) is 0 Å². The SMILES string of the molecule is CNCc1nnnn1-c1ccc(Br)cc1Cl. The van der Waals surface area contributed by atoms with Crippen molar-refractivity contribution in [3.05, 3.63) is 33.5 Å². The fraction of sp³-hybridized carbons (Fsp3) is 0.222. The summed E-state index contributed by atoms with van der Waals surface area (Å²) in [7, 11) is 1.84. The van der Waals surface area contributed by atoms with Gasteiger partial charge in [-0.05, 0) is 35.7 Å². The Hall–Kier alpha value is -0.980. The van der Waals surface area contributed by atoms with E-state index in [9.17, 15) is 0 Å². The first kappa shape index (κ1) is 11.5. The third-order valence-electron chi connectivity index (χ3n) is 2.01. The molecule has 0 unspecified atom stereocenters. The second kappa shape index (κ2) is 4.90. The van der Waals surface area contributed by atoms with Gasteiger partial charge in [0.2, 0.25) is 0 Å². The molecule has 0 saturated heterocycles. The highest BCUT2D eigenvalue weighted by Gasteiger charge is 2.10. The summed E-state index contributed by atoms with van der Waals surface area (Å²) in [5.41, 5.74) is 0.764. The predicted octanol–water partition coefficient (Wildman–Crippen LogP) is 1.80. The minimum atomic E-state index is 0.583. The topological polar surface area (TPSA) is 55.6 Å². The second-order valence-electron chi connectivity index (χ2n) is 3.13. The molecule has 0 radical (unpaired) electrons. The molecule has 1 aromatic carbocycles. The maximum atomic E-state index is 6.13. The Labute approximate surface area is 106 Å². The van der Waals surface area contributed by atoms with Crippen molar-refractivity contribution in [3.63, 3.8) is 0 Å². The molecule has 1 N–H and O–H groups in total. The highest BCUT2D eigenvalue weighted by Crippen LogP contribution is 2.24. The zero-order chi connectivity index (χ0) is 11.5. The van der Waals surface area contributed by atoms with E-state index >= 15 is 0 Å². The van der Waals surface area contributed by atoms with Crippen molar-refractivity contribution >= 4 is 27.5 Å². The third kappa shape index (κ3) is 2.23. The first-order valence-electron chi connectivity index (χ1n) is 4.59. The van der Waals surface area contributed by atoms with Gasteiger partial charge in [-0.15, -0.1) is 5.10 Å². The Morgan fingerprint density at radius 1 is 1.50 bits per heavy atom. The zero-order valence-electron chi connectivity index (χ0n) is 8.48. The van der Waals surface area contributed by atoms with Gasteiger partial charge in [0.25, 0.3) is 0 Å². The molecule has 0 saturated carbocycles. The van der Waals surface area contributed by atoms with Gasteiger partial charge in [-0.1, -0.05) is 27.5 Å². The van der Waals surface area contributed by atoms with Crippen molar-refractivity contribution < 1.29 is 0 Å². The van der Waals surface area contributed by atoms with Crippen LogP contribution in [0.25, 0.3) is 5.69 Å². The fourth-order valence-electron chi connectivity index (χ4n) is 1.31. The van der Waals surface area contributed by atoms with Crippen molar-refractivity contribution in [1.82, 2.24) is 25.5 Å². The van der Waals surface area contributed by atoms with Gasteiger partial charge in [0.1, 0.15) is 0 Å². The average Bonchev–Trinajstić information content (AvgIpc) is 2.67. The van der Waals surface area contributed by atoms with Crippen LogP contribution in [-0.4, -0.2) is 27.3 Å². The largest absolute Gasteiger partial charge is 0.313 e. The van der Waals surface area contributed by atoms with Crippen LogP contribution in [0.2, 0.25) is 5.02 Å². The summed E-state index contributed by atoms with van der Waals surface area (Å²) in [5, 5.41) is 15.1. The molecule has 1 heterocycles. The lowest BCUT2D eigenvalue weighted by atomic mass is 10.3. The summed E-state index contributed by atoms with van der Waals surface area (Å²) in [6, 6.07) is 5.57. The average molecular weight is 303 g/mol. The summed E-state index contributed by atoms with van der Waals surface area (Å²) < 4.78 is 2.54. The molecule has 0 aliphatic heterocycles. The van der Waals surface area contributed by atoms with Gasteiger partial charge in [0.15, 0.2) is 5.82 Å². The Morgan fingerprint density at radius 2 is 2.31 bits per heavy atom. The van der Waals surface area contributed by atoms with Crippen LogP contribution >= 0.6 is 27.5 Å². The van der Waals surface area contributed by atoms with Crippen molar-refractivity contribution in [2.75, 3.05) is 7.05 Å². The van der Waals surface area contributed by atoms with E-state index in [0.29, 0.717) is 17.4 Å². The van der Waals surface area contributed by atoms with Crippen molar-refractivity contribution in [3.8, 4) is 5.69 Å². The van der Waals surface area contributed by atoms with Crippen molar-refractivity contribution in [1.29, 1.82) is 0 Å². The summed E-state index contributed by atoms with van der Waals surface area (Å²) >= 11 is 9.48. The van der Waals surface area contributed by atoms with Gasteiger partial charge in [-0.2, -0.15) is 4.68 Å². The molecule has 0 atom stereocenters. The second-order valence-corrected chi connectivity index (χ2v) is 4.46. The molecule has 5 nitrogen and oxygen atoms in total. The third-order valence-corrected chi connectivity index (χ3v) is 2.80. The smallest absolute Gasteiger partial charge is 0.170 e. The minimum absolute atomic E-state index is 0.583. The summed E-state index contributed by atoms with van der Waals surface area (Å²) in [4.78, 5) is 0. The number of rotatable bonds is 3. The van der Waals surface area contributed by atoms with E-state index in [-0.39, 0.29) is 0 Å². The molecule has 0 fully saturated rings. The summed E-state index contributed by atoms with van der Waals surface area (Å²) in [6.07, 6.45) is 0. The van der Waals surface area contributed by atoms with Crippen LogP contribution in [0.15, 0.2) is 22.7 Å². The number of tetrazole rings is 1. The Balaban J connectivity index is 2.46. The predicted molar refractivity (Wildman–Crippen MR) is 64.6 cm³/mol. The number of hydrogen-bond donors (Lipinski definition) is 1. The van der Waals surface area contributed by atoms with Crippen LogP contribution in [0.4, 0.5) is 0 Å². The quantitative estimate of drug-likeness (QED) is 0.939. The number of nitrogens with zero attached hydrogens (tertiary/aromatic N) is 4. The molecular weight excluding hydrogens is 293 g/mol. The summed E-state index contributed by atoms with van der Waals surface area (Å²) in [6.45, 7) is 0.583. The Bertz CT molecular complexity index is 498. The summed E-state index contributed by atoms with van der Waals surface area (Å²) in [5.74, 6) is 0.715. The number of halogens is 2. The lowest BCUT2D eigenvalue weighted by molar-refractivity contribution is 0.709. The van der Waals surface area contributed by atoms with E-state index in [4.69, 9.17) is 11.6 Å². The molecule has 0 amide bonds. The molecule has 2 rings (SSSR count). The normalized spacial score (nSPS) is 10.7. The Kier molecular flexibility index (Phi) is 3.52. The highest BCUT2D eigenvalue weighted by atomic mass is 79.9. The fourth-order valence-corrected chi connectivity index (χ4v) is 2.07. The van der Waals surface area contributed by atoms with E-state index < -0.39 is 0 Å². The number of benzene rings is 1. The van der Waals surface area contributed by atoms with Crippen LogP contribution in [0.3, 0.4) is 0 Å². The van der Waals surface area contributed by atoms with Gasteiger partial charge >= 0.3 is 0 Å². The number of hydrogen-bond acceptors (Lipinski definition) is 4. The van der Waals surface area contributed by atoms with Gasteiger partial charge < -0.3 is 5.32 Å². The minimum Gasteiger partial charge on any atom is -0.313 e. The van der Waals surface area contributed by atoms with Gasteiger partial charge in [0, 0.05) is 4.47 Å². The molecule has 0 spiro atoms. The van der Waals surface area contributed by atoms with E-state index in [1.165, 1.54) is 0 Å². The van der Waals surface area contributed by atoms with Crippen LogP contribution in [0.1, 0.15) is 5.82 Å². The Morgan fingerprint density at radius 3 is 3.00 bits per heavy atom. The first-order valence-corrected chi connectivity index (χ1v) is 5.76.